The first-order valence-corrected chi connectivity index (χ1v) is 6.36. The summed E-state index contributed by atoms with van der Waals surface area (Å²) in [5.74, 6) is -0.290. The molecule has 2 atom stereocenters. The minimum absolute atomic E-state index is 0.180. The average molecular weight is 260 g/mol. The van der Waals surface area contributed by atoms with Crippen LogP contribution in [-0.4, -0.2) is 61.4 Å². The van der Waals surface area contributed by atoms with E-state index >= 15 is 0 Å². The van der Waals surface area contributed by atoms with Crippen LogP contribution in [-0.2, 0) is 9.53 Å². The predicted octanol–water partition coefficient (Wildman–Crippen LogP) is 0.233. The highest BCUT2D eigenvalue weighted by atomic mass is 35.5. The number of carbonyl (C=O) groups excluding carboxylic acids is 1. The third kappa shape index (κ3) is 2.97. The number of esters is 1. The first kappa shape index (κ1) is 12.8. The lowest BCUT2D eigenvalue weighted by Gasteiger charge is -2.36. The van der Waals surface area contributed by atoms with Crippen molar-refractivity contribution in [3.8, 4) is 0 Å². The van der Waals surface area contributed by atoms with Crippen molar-refractivity contribution in [2.75, 3.05) is 33.3 Å². The van der Waals surface area contributed by atoms with Gasteiger partial charge in [-0.15, -0.1) is 0 Å². The van der Waals surface area contributed by atoms with Crippen LogP contribution in [0, 0.1) is 0 Å². The largest absolute Gasteiger partial charge is 0.467 e. The highest BCUT2D eigenvalue weighted by molar-refractivity contribution is 6.66. The predicted molar refractivity (Wildman–Crippen MR) is 66.6 cm³/mol. The van der Waals surface area contributed by atoms with Crippen LogP contribution in [0.15, 0.2) is 4.99 Å². The molecular formula is C11H18ClN3O2. The molecule has 0 spiro atoms. The van der Waals surface area contributed by atoms with Crippen molar-refractivity contribution in [3.63, 3.8) is 0 Å². The van der Waals surface area contributed by atoms with E-state index in [0.717, 1.165) is 39.0 Å². The van der Waals surface area contributed by atoms with Gasteiger partial charge in [-0.3, -0.25) is 9.89 Å². The molecule has 0 aromatic carbocycles. The fraction of sp³-hybridized carbons (Fsp3) is 0.818. The van der Waals surface area contributed by atoms with Crippen molar-refractivity contribution in [3.05, 3.63) is 0 Å². The van der Waals surface area contributed by atoms with Gasteiger partial charge in [0.2, 0.25) is 0 Å². The topological polar surface area (TPSA) is 53.9 Å². The van der Waals surface area contributed by atoms with Crippen molar-refractivity contribution in [1.82, 2.24) is 10.2 Å². The van der Waals surface area contributed by atoms with Gasteiger partial charge in [0, 0.05) is 26.2 Å². The Balaban J connectivity index is 2.00. The number of halogens is 1. The number of nitrogens with zero attached hydrogens (tertiary/aromatic N) is 2. The molecule has 0 radical (unpaired) electrons. The second-order valence-electron chi connectivity index (χ2n) is 4.37. The van der Waals surface area contributed by atoms with Crippen LogP contribution >= 0.6 is 11.6 Å². The summed E-state index contributed by atoms with van der Waals surface area (Å²) in [6.45, 7) is 3.95. The summed E-state index contributed by atoms with van der Waals surface area (Å²) in [6.07, 6.45) is 1.60. The Bertz CT molecular complexity index is 316. The Morgan fingerprint density at radius 1 is 1.47 bits per heavy atom. The van der Waals surface area contributed by atoms with Crippen LogP contribution < -0.4 is 5.32 Å². The first-order chi connectivity index (χ1) is 8.22. The SMILES string of the molecule is COC(=O)C1CCC(N2CCNCC2)C(Cl)=N1. The molecule has 1 saturated heterocycles. The van der Waals surface area contributed by atoms with Crippen LogP contribution in [0.1, 0.15) is 12.8 Å². The summed E-state index contributed by atoms with van der Waals surface area (Å²) < 4.78 is 4.69. The maximum atomic E-state index is 11.4. The van der Waals surface area contributed by atoms with Crippen molar-refractivity contribution < 1.29 is 9.53 Å². The zero-order valence-corrected chi connectivity index (χ0v) is 10.7. The van der Waals surface area contributed by atoms with Crippen molar-refractivity contribution >= 4 is 22.7 Å². The summed E-state index contributed by atoms with van der Waals surface area (Å²) in [5.41, 5.74) is 0. The molecule has 2 rings (SSSR count). The third-order valence-electron chi connectivity index (χ3n) is 3.33. The van der Waals surface area contributed by atoms with Crippen LogP contribution in [0.5, 0.6) is 0 Å². The molecular weight excluding hydrogens is 242 g/mol. The highest BCUT2D eigenvalue weighted by Crippen LogP contribution is 2.22. The van der Waals surface area contributed by atoms with Gasteiger partial charge in [-0.1, -0.05) is 11.6 Å². The van der Waals surface area contributed by atoms with E-state index in [1.807, 2.05) is 0 Å². The van der Waals surface area contributed by atoms with Gasteiger partial charge in [-0.2, -0.15) is 0 Å². The number of hydrogen-bond donors (Lipinski definition) is 1. The number of ether oxygens (including phenoxy) is 1. The molecule has 5 nitrogen and oxygen atoms in total. The van der Waals surface area contributed by atoms with E-state index in [1.54, 1.807) is 0 Å². The molecule has 2 aliphatic heterocycles. The van der Waals surface area contributed by atoms with E-state index < -0.39 is 6.04 Å². The lowest BCUT2D eigenvalue weighted by molar-refractivity contribution is -0.142. The molecule has 6 heteroatoms. The van der Waals surface area contributed by atoms with Crippen molar-refractivity contribution in [1.29, 1.82) is 0 Å². The highest BCUT2D eigenvalue weighted by Gasteiger charge is 2.32. The van der Waals surface area contributed by atoms with Gasteiger partial charge in [0.05, 0.1) is 13.2 Å². The minimum atomic E-state index is -0.410. The first-order valence-electron chi connectivity index (χ1n) is 5.98. The number of hydrogen-bond acceptors (Lipinski definition) is 5. The van der Waals surface area contributed by atoms with Crippen molar-refractivity contribution in [2.45, 2.75) is 24.9 Å². The zero-order valence-electron chi connectivity index (χ0n) is 9.99. The average Bonchev–Trinajstić information content (AvgIpc) is 2.38. The van der Waals surface area contributed by atoms with Crippen molar-refractivity contribution in [2.24, 2.45) is 4.99 Å². The van der Waals surface area contributed by atoms with Gasteiger partial charge in [0.1, 0.15) is 11.2 Å². The summed E-state index contributed by atoms with van der Waals surface area (Å²) in [5, 5.41) is 3.86. The van der Waals surface area contributed by atoms with Crippen LogP contribution in [0.3, 0.4) is 0 Å². The van der Waals surface area contributed by atoms with Gasteiger partial charge >= 0.3 is 5.97 Å². The Kier molecular flexibility index (Phi) is 4.36. The maximum Gasteiger partial charge on any atom is 0.330 e. The molecule has 0 aliphatic carbocycles. The van der Waals surface area contributed by atoms with E-state index in [4.69, 9.17) is 16.3 Å². The van der Waals surface area contributed by atoms with Crippen LogP contribution in [0.25, 0.3) is 0 Å². The van der Waals surface area contributed by atoms with E-state index in [9.17, 15) is 4.79 Å². The molecule has 2 aliphatic rings. The third-order valence-corrected chi connectivity index (χ3v) is 3.68. The Labute approximate surface area is 106 Å². The Hall–Kier alpha value is -0.650. The standard InChI is InChI=1S/C11H18ClN3O2/c1-17-11(16)8-2-3-9(10(12)14-8)15-6-4-13-5-7-15/h8-9,13H,2-7H2,1H3. The fourth-order valence-electron chi connectivity index (χ4n) is 2.37. The van der Waals surface area contributed by atoms with Gasteiger partial charge in [-0.25, -0.2) is 4.79 Å². The lowest BCUT2D eigenvalue weighted by atomic mass is 10.0. The maximum absolute atomic E-state index is 11.4. The van der Waals surface area contributed by atoms with E-state index in [-0.39, 0.29) is 12.0 Å². The van der Waals surface area contributed by atoms with E-state index in [1.165, 1.54) is 7.11 Å². The summed E-state index contributed by atoms with van der Waals surface area (Å²) in [6, 6.07) is -0.230. The molecule has 17 heavy (non-hydrogen) atoms. The quantitative estimate of drug-likeness (QED) is 0.722. The molecule has 2 heterocycles. The smallest absolute Gasteiger partial charge is 0.330 e. The number of aliphatic imine (C=N–C) groups is 1. The van der Waals surface area contributed by atoms with Crippen LogP contribution in [0.4, 0.5) is 0 Å². The second kappa shape index (κ2) is 5.80. The number of methoxy groups -OCH3 is 1. The van der Waals surface area contributed by atoms with E-state index in [2.05, 4.69) is 15.2 Å². The second-order valence-corrected chi connectivity index (χ2v) is 4.76. The van der Waals surface area contributed by atoms with Gasteiger partial charge in [0.25, 0.3) is 0 Å². The Morgan fingerprint density at radius 3 is 2.76 bits per heavy atom. The zero-order chi connectivity index (χ0) is 12.3. The molecule has 0 saturated carbocycles. The normalized spacial score (nSPS) is 30.8. The van der Waals surface area contributed by atoms with Gasteiger partial charge in [-0.05, 0) is 12.8 Å². The molecule has 0 amide bonds. The number of rotatable bonds is 2. The molecule has 96 valence electrons. The minimum Gasteiger partial charge on any atom is -0.467 e. The van der Waals surface area contributed by atoms with Gasteiger partial charge < -0.3 is 10.1 Å². The molecule has 1 N–H and O–H groups in total. The van der Waals surface area contributed by atoms with Gasteiger partial charge in [0.15, 0.2) is 0 Å². The fourth-order valence-corrected chi connectivity index (χ4v) is 2.73. The summed E-state index contributed by atoms with van der Waals surface area (Å²) in [4.78, 5) is 18.0. The molecule has 0 aromatic heterocycles. The number of carbonyl (C=O) groups is 1. The molecule has 0 aromatic rings. The number of nitrogens with one attached hydrogen (secondary N) is 1. The van der Waals surface area contributed by atoms with Crippen LogP contribution in [0.2, 0.25) is 0 Å². The monoisotopic (exact) mass is 259 g/mol. The molecule has 1 fully saturated rings. The number of piperazine rings is 1. The lowest BCUT2D eigenvalue weighted by Crippen LogP contribution is -2.52. The molecule has 2 unspecified atom stereocenters. The summed E-state index contributed by atoms with van der Waals surface area (Å²) in [7, 11) is 1.38. The molecule has 0 bridgehead atoms. The Morgan fingerprint density at radius 2 is 2.18 bits per heavy atom. The summed E-state index contributed by atoms with van der Waals surface area (Å²) >= 11 is 6.19. The van der Waals surface area contributed by atoms with E-state index in [0.29, 0.717) is 5.17 Å².